The van der Waals surface area contributed by atoms with Gasteiger partial charge in [-0.25, -0.2) is 4.98 Å². The largest absolute Gasteiger partial charge is 0.366 e. The van der Waals surface area contributed by atoms with Gasteiger partial charge in [0.05, 0.1) is 23.4 Å². The molecule has 0 bridgehead atoms. The van der Waals surface area contributed by atoms with E-state index in [4.69, 9.17) is 5.26 Å². The fourth-order valence-electron chi connectivity index (χ4n) is 4.62. The maximum Gasteiger partial charge on any atom is 0.246 e. The molecule has 3 N–H and O–H groups in total. The third-order valence-corrected chi connectivity index (χ3v) is 7.45. The molecule has 0 spiro atoms. The van der Waals surface area contributed by atoms with Crippen molar-refractivity contribution in [3.8, 4) is 17.9 Å². The number of anilines is 3. The lowest BCUT2D eigenvalue weighted by atomic mass is 9.86. The van der Waals surface area contributed by atoms with Crippen molar-refractivity contribution >= 4 is 29.3 Å². The Kier molecular flexibility index (Phi) is 10.5. The van der Waals surface area contributed by atoms with Crippen LogP contribution in [0.4, 0.5) is 17.5 Å². The molecule has 220 valence electrons. The number of aromatic nitrogens is 2. The Morgan fingerprint density at radius 1 is 1.12 bits per heavy atom. The van der Waals surface area contributed by atoms with E-state index in [9.17, 15) is 9.59 Å². The van der Waals surface area contributed by atoms with Gasteiger partial charge in [-0.2, -0.15) is 10.2 Å². The summed E-state index contributed by atoms with van der Waals surface area (Å²) in [6, 6.07) is 9.09. The number of rotatable bonds is 10. The average Bonchev–Trinajstić information content (AvgIpc) is 3.80. The number of hydrogen-bond acceptors (Lipinski definition) is 8. The summed E-state index contributed by atoms with van der Waals surface area (Å²) in [6.07, 6.45) is 10.8. The highest BCUT2D eigenvalue weighted by atomic mass is 16.2. The normalized spacial score (nSPS) is 18.9. The van der Waals surface area contributed by atoms with Crippen LogP contribution >= 0.6 is 0 Å². The first-order chi connectivity index (χ1) is 20.2. The monoisotopic (exact) mass is 568 g/mol. The van der Waals surface area contributed by atoms with E-state index in [1.807, 2.05) is 31.1 Å². The SMILES string of the molecule is C[C@@H](C(=O)N[C@H]1CCC[C@@H](C#Cc2cnc(Nc3ccc(C#N)cc3)nc2NC2CC2)C1)N(C)C(=O)C=CCN(C)C. The third kappa shape index (κ3) is 9.05. The van der Waals surface area contributed by atoms with Gasteiger partial charge in [0.25, 0.3) is 0 Å². The minimum atomic E-state index is -0.572. The van der Waals surface area contributed by atoms with Gasteiger partial charge in [0.1, 0.15) is 11.9 Å². The van der Waals surface area contributed by atoms with Crippen LogP contribution in [0.1, 0.15) is 56.6 Å². The lowest BCUT2D eigenvalue weighted by Crippen LogP contribution is -2.49. The van der Waals surface area contributed by atoms with Crippen molar-refractivity contribution in [3.63, 3.8) is 0 Å². The van der Waals surface area contributed by atoms with E-state index in [1.54, 1.807) is 38.4 Å². The van der Waals surface area contributed by atoms with Crippen LogP contribution in [0.25, 0.3) is 0 Å². The average molecular weight is 569 g/mol. The number of likely N-dealkylation sites (N-methyl/N-ethyl adjacent to an activating group) is 2. The second-order valence-corrected chi connectivity index (χ2v) is 11.3. The van der Waals surface area contributed by atoms with Gasteiger partial charge in [0.15, 0.2) is 0 Å². The number of nitrogens with zero attached hydrogens (tertiary/aromatic N) is 5. The Morgan fingerprint density at radius 2 is 1.88 bits per heavy atom. The van der Waals surface area contributed by atoms with Crippen molar-refractivity contribution in [2.24, 2.45) is 5.92 Å². The topological polar surface area (TPSA) is 126 Å². The minimum Gasteiger partial charge on any atom is -0.366 e. The van der Waals surface area contributed by atoms with Gasteiger partial charge in [0.2, 0.25) is 17.8 Å². The van der Waals surface area contributed by atoms with E-state index >= 15 is 0 Å². The fourth-order valence-corrected chi connectivity index (χ4v) is 4.62. The molecule has 1 heterocycles. The Hall–Kier alpha value is -4.41. The number of carbonyl (C=O) groups is 2. The van der Waals surface area contributed by atoms with E-state index in [1.165, 1.54) is 11.0 Å². The number of carbonyl (C=O) groups excluding carboxylic acids is 2. The molecule has 0 saturated heterocycles. The highest BCUT2D eigenvalue weighted by Crippen LogP contribution is 2.27. The zero-order valence-electron chi connectivity index (χ0n) is 24.9. The number of nitrogens with one attached hydrogen (secondary N) is 3. The van der Waals surface area contributed by atoms with Crippen LogP contribution in [-0.4, -0.2) is 77.4 Å². The first-order valence-electron chi connectivity index (χ1n) is 14.5. The highest BCUT2D eigenvalue weighted by Gasteiger charge is 2.27. The molecule has 1 aromatic carbocycles. The molecular weight excluding hydrogens is 528 g/mol. The summed E-state index contributed by atoms with van der Waals surface area (Å²) in [6.45, 7) is 2.41. The predicted molar refractivity (Wildman–Crippen MR) is 164 cm³/mol. The van der Waals surface area contributed by atoms with Gasteiger partial charge in [-0.05, 0) is 77.4 Å². The maximum absolute atomic E-state index is 13.0. The van der Waals surface area contributed by atoms with E-state index in [2.05, 4.69) is 43.8 Å². The quantitative estimate of drug-likeness (QED) is 0.293. The summed E-state index contributed by atoms with van der Waals surface area (Å²) in [5.74, 6) is 7.67. The zero-order valence-corrected chi connectivity index (χ0v) is 24.9. The highest BCUT2D eigenvalue weighted by molar-refractivity contribution is 5.92. The van der Waals surface area contributed by atoms with Crippen LogP contribution in [0.2, 0.25) is 0 Å². The molecule has 0 unspecified atom stereocenters. The van der Waals surface area contributed by atoms with Crippen molar-refractivity contribution in [2.75, 3.05) is 38.3 Å². The first kappa shape index (κ1) is 30.5. The molecule has 10 heteroatoms. The van der Waals surface area contributed by atoms with Gasteiger partial charge in [-0.3, -0.25) is 9.59 Å². The Bertz CT molecular complexity index is 1380. The molecule has 2 aliphatic rings. The lowest BCUT2D eigenvalue weighted by Gasteiger charge is -2.30. The van der Waals surface area contributed by atoms with E-state index < -0.39 is 6.04 Å². The third-order valence-electron chi connectivity index (χ3n) is 7.45. The molecule has 0 radical (unpaired) electrons. The second-order valence-electron chi connectivity index (χ2n) is 11.3. The van der Waals surface area contributed by atoms with Crippen molar-refractivity contribution in [1.82, 2.24) is 25.1 Å². The van der Waals surface area contributed by atoms with Crippen LogP contribution in [-0.2, 0) is 9.59 Å². The summed E-state index contributed by atoms with van der Waals surface area (Å²) >= 11 is 0. The Labute approximate surface area is 248 Å². The summed E-state index contributed by atoms with van der Waals surface area (Å²) in [5.41, 5.74) is 2.13. The Balaban J connectivity index is 1.36. The minimum absolute atomic E-state index is 0.0140. The van der Waals surface area contributed by atoms with Crippen molar-refractivity contribution < 1.29 is 9.59 Å². The zero-order chi connectivity index (χ0) is 30.1. The van der Waals surface area contributed by atoms with E-state index in [0.29, 0.717) is 29.9 Å². The van der Waals surface area contributed by atoms with Gasteiger partial charge in [-0.15, -0.1) is 0 Å². The number of hydrogen-bond donors (Lipinski definition) is 3. The van der Waals surface area contributed by atoms with E-state index in [-0.39, 0.29) is 23.8 Å². The molecule has 2 aromatic rings. The summed E-state index contributed by atoms with van der Waals surface area (Å²) in [7, 11) is 5.52. The summed E-state index contributed by atoms with van der Waals surface area (Å²) in [4.78, 5) is 38.0. The predicted octanol–water partition coefficient (Wildman–Crippen LogP) is 3.66. The van der Waals surface area contributed by atoms with Crippen LogP contribution in [0, 0.1) is 29.1 Å². The van der Waals surface area contributed by atoms with Crippen LogP contribution < -0.4 is 16.0 Å². The van der Waals surface area contributed by atoms with E-state index in [0.717, 1.165) is 49.8 Å². The lowest BCUT2D eigenvalue weighted by molar-refractivity contribution is -0.135. The number of amides is 2. The first-order valence-corrected chi connectivity index (χ1v) is 14.5. The van der Waals surface area contributed by atoms with Crippen molar-refractivity contribution in [2.45, 2.75) is 63.6 Å². The van der Waals surface area contributed by atoms with Crippen LogP contribution in [0.15, 0.2) is 42.6 Å². The molecule has 10 nitrogen and oxygen atoms in total. The maximum atomic E-state index is 13.0. The summed E-state index contributed by atoms with van der Waals surface area (Å²) in [5, 5.41) is 18.8. The Morgan fingerprint density at radius 3 is 2.57 bits per heavy atom. The smallest absolute Gasteiger partial charge is 0.246 e. The van der Waals surface area contributed by atoms with Gasteiger partial charge < -0.3 is 25.8 Å². The molecule has 3 atom stereocenters. The second kappa shape index (κ2) is 14.5. The van der Waals surface area contributed by atoms with Gasteiger partial charge >= 0.3 is 0 Å². The van der Waals surface area contributed by atoms with Gasteiger partial charge in [-0.1, -0.05) is 24.3 Å². The standard InChI is InChI=1S/C32H40N8O2/c1-22(40(4)29(41)9-6-18-39(2)3)31(42)36-28-8-5-7-23(19-28)10-13-25-21-34-32(38-30(25)35-26-16-17-26)37-27-14-11-24(20-33)12-15-27/h6,9,11-12,14-15,21-23,26,28H,5,7-8,16-19H2,1-4H3,(H,36,42)(H2,34,35,37,38)/t22-,23-,28-/m0/s1. The molecule has 1 aromatic heterocycles. The molecule has 2 fully saturated rings. The molecule has 2 saturated carbocycles. The molecule has 4 rings (SSSR count). The number of nitriles is 1. The fraction of sp³-hybridized carbons (Fsp3) is 0.469. The van der Waals surface area contributed by atoms with Gasteiger partial charge in [0, 0.05) is 43.4 Å². The molecule has 42 heavy (non-hydrogen) atoms. The molecule has 2 amide bonds. The van der Waals surface area contributed by atoms with Crippen molar-refractivity contribution in [1.29, 1.82) is 5.26 Å². The summed E-state index contributed by atoms with van der Waals surface area (Å²) < 4.78 is 0. The van der Waals surface area contributed by atoms with Crippen LogP contribution in [0.3, 0.4) is 0 Å². The van der Waals surface area contributed by atoms with Crippen molar-refractivity contribution in [3.05, 3.63) is 53.7 Å². The number of benzene rings is 1. The van der Waals surface area contributed by atoms with Crippen LogP contribution in [0.5, 0.6) is 0 Å². The molecule has 0 aliphatic heterocycles. The molecule has 2 aliphatic carbocycles. The molecular formula is C32H40N8O2.